The first-order valence-corrected chi connectivity index (χ1v) is 6.90. The van der Waals surface area contributed by atoms with Crippen LogP contribution < -0.4 is 11.1 Å². The minimum atomic E-state index is -0.313. The summed E-state index contributed by atoms with van der Waals surface area (Å²) in [5, 5.41) is 24.7. The highest BCUT2D eigenvalue weighted by molar-refractivity contribution is 5.97. The molecule has 0 aromatic heterocycles. The Bertz CT molecular complexity index is 458. The lowest BCUT2D eigenvalue weighted by Crippen LogP contribution is -2.27. The minimum Gasteiger partial charge on any atom is -0.409 e. The zero-order valence-corrected chi connectivity index (χ0v) is 12.4. The quantitative estimate of drug-likeness (QED) is 0.264. The van der Waals surface area contributed by atoms with Crippen molar-refractivity contribution >= 4 is 5.84 Å². The fraction of sp³-hybridized carbons (Fsp3) is 0.533. The maximum absolute atomic E-state index is 9.79. The lowest BCUT2D eigenvalue weighted by atomic mass is 10.0. The van der Waals surface area contributed by atoms with Gasteiger partial charge in [0.2, 0.25) is 0 Å². The van der Waals surface area contributed by atoms with Crippen LogP contribution in [0.4, 0.5) is 0 Å². The number of hydrogen-bond acceptors (Lipinski definition) is 4. The van der Waals surface area contributed by atoms with Crippen molar-refractivity contribution in [3.63, 3.8) is 0 Å². The Balaban J connectivity index is 2.53. The average Bonchev–Trinajstić information content (AvgIpc) is 2.38. The van der Waals surface area contributed by atoms with Crippen molar-refractivity contribution in [2.75, 3.05) is 6.54 Å². The van der Waals surface area contributed by atoms with Crippen LogP contribution in [0, 0.1) is 12.8 Å². The molecule has 0 spiro atoms. The van der Waals surface area contributed by atoms with E-state index in [-0.39, 0.29) is 11.9 Å². The van der Waals surface area contributed by atoms with Gasteiger partial charge in [-0.25, -0.2) is 0 Å². The molecule has 0 amide bonds. The zero-order valence-electron chi connectivity index (χ0n) is 12.4. The molecule has 0 aliphatic heterocycles. The maximum Gasteiger partial charge on any atom is 0.170 e. The molecule has 0 saturated carbocycles. The lowest BCUT2D eigenvalue weighted by Gasteiger charge is -2.15. The molecule has 1 atom stereocenters. The third-order valence-corrected chi connectivity index (χ3v) is 3.18. The van der Waals surface area contributed by atoms with Gasteiger partial charge in [-0.05, 0) is 36.5 Å². The van der Waals surface area contributed by atoms with Crippen molar-refractivity contribution in [1.82, 2.24) is 5.32 Å². The maximum atomic E-state index is 9.79. The highest BCUT2D eigenvalue weighted by atomic mass is 16.4. The van der Waals surface area contributed by atoms with Gasteiger partial charge in [-0.3, -0.25) is 0 Å². The Morgan fingerprint density at radius 3 is 2.65 bits per heavy atom. The van der Waals surface area contributed by atoms with E-state index >= 15 is 0 Å². The van der Waals surface area contributed by atoms with Crippen molar-refractivity contribution in [3.05, 3.63) is 34.9 Å². The molecule has 0 aliphatic rings. The van der Waals surface area contributed by atoms with Crippen LogP contribution in [0.15, 0.2) is 23.4 Å². The molecule has 1 aromatic carbocycles. The Hall–Kier alpha value is -1.59. The number of aryl methyl sites for hydroxylation is 1. The van der Waals surface area contributed by atoms with Crippen LogP contribution in [-0.2, 0) is 6.54 Å². The van der Waals surface area contributed by atoms with E-state index in [0.29, 0.717) is 24.6 Å². The van der Waals surface area contributed by atoms with Crippen LogP contribution in [0.2, 0.25) is 0 Å². The van der Waals surface area contributed by atoms with E-state index in [1.807, 2.05) is 25.1 Å². The topological polar surface area (TPSA) is 90.9 Å². The molecule has 0 aliphatic carbocycles. The molecular formula is C15H25N3O2. The van der Waals surface area contributed by atoms with Gasteiger partial charge in [0, 0.05) is 18.7 Å². The van der Waals surface area contributed by atoms with Crippen LogP contribution in [-0.4, -0.2) is 28.8 Å². The summed E-state index contributed by atoms with van der Waals surface area (Å²) in [6.07, 6.45) is 0.487. The zero-order chi connectivity index (χ0) is 15.1. The first kappa shape index (κ1) is 16.5. The standard InChI is InChI=1S/C15H25N3O2/c1-10(2)6-14(19)9-17-8-13-5-4-12(7-11(13)3)15(16)18-20/h4-5,7,10,14,17,19-20H,6,8-9H2,1-3H3,(H2,16,18). The second-order valence-corrected chi connectivity index (χ2v) is 5.54. The van der Waals surface area contributed by atoms with Crippen molar-refractivity contribution in [3.8, 4) is 0 Å². The van der Waals surface area contributed by atoms with E-state index in [4.69, 9.17) is 10.9 Å². The van der Waals surface area contributed by atoms with Gasteiger partial charge >= 0.3 is 0 Å². The number of hydrogen-bond donors (Lipinski definition) is 4. The number of rotatable bonds is 7. The number of benzene rings is 1. The van der Waals surface area contributed by atoms with Crippen LogP contribution in [0.5, 0.6) is 0 Å². The molecule has 0 fully saturated rings. The number of nitrogens with zero attached hydrogens (tertiary/aromatic N) is 1. The van der Waals surface area contributed by atoms with Crippen molar-refractivity contribution < 1.29 is 10.3 Å². The molecule has 1 aromatic rings. The molecule has 5 nitrogen and oxygen atoms in total. The highest BCUT2D eigenvalue weighted by Gasteiger charge is 2.07. The number of aliphatic hydroxyl groups excluding tert-OH is 1. The molecule has 0 radical (unpaired) electrons. The van der Waals surface area contributed by atoms with E-state index < -0.39 is 0 Å². The Labute approximate surface area is 120 Å². The molecule has 1 rings (SSSR count). The van der Waals surface area contributed by atoms with Crippen molar-refractivity contribution in [2.24, 2.45) is 16.8 Å². The summed E-state index contributed by atoms with van der Waals surface area (Å²) in [5.74, 6) is 0.605. The number of aliphatic hydroxyl groups is 1. The summed E-state index contributed by atoms with van der Waals surface area (Å²) >= 11 is 0. The molecule has 112 valence electrons. The van der Waals surface area contributed by atoms with Crippen LogP contribution >= 0.6 is 0 Å². The minimum absolute atomic E-state index is 0.111. The number of nitrogens with one attached hydrogen (secondary N) is 1. The van der Waals surface area contributed by atoms with Crippen molar-refractivity contribution in [1.29, 1.82) is 0 Å². The molecule has 0 heterocycles. The normalized spacial score (nSPS) is 13.8. The summed E-state index contributed by atoms with van der Waals surface area (Å²) in [7, 11) is 0. The first-order valence-electron chi connectivity index (χ1n) is 6.90. The second-order valence-electron chi connectivity index (χ2n) is 5.54. The number of nitrogens with two attached hydrogens (primary N) is 1. The molecule has 5 N–H and O–H groups in total. The Morgan fingerprint density at radius 2 is 2.10 bits per heavy atom. The van der Waals surface area contributed by atoms with Gasteiger partial charge in [0.25, 0.3) is 0 Å². The van der Waals surface area contributed by atoms with E-state index in [1.165, 1.54) is 0 Å². The van der Waals surface area contributed by atoms with Gasteiger partial charge in [-0.15, -0.1) is 0 Å². The fourth-order valence-electron chi connectivity index (χ4n) is 2.11. The van der Waals surface area contributed by atoms with Crippen LogP contribution in [0.25, 0.3) is 0 Å². The molecule has 0 saturated heterocycles. The summed E-state index contributed by atoms with van der Waals surface area (Å²) in [6.45, 7) is 7.45. The predicted octanol–water partition coefficient (Wildman–Crippen LogP) is 1.59. The third kappa shape index (κ3) is 5.19. The van der Waals surface area contributed by atoms with Gasteiger partial charge in [-0.1, -0.05) is 31.1 Å². The molecule has 5 heteroatoms. The summed E-state index contributed by atoms with van der Waals surface area (Å²) in [6, 6.07) is 5.66. The lowest BCUT2D eigenvalue weighted by molar-refractivity contribution is 0.146. The van der Waals surface area contributed by atoms with E-state index in [1.54, 1.807) is 0 Å². The summed E-state index contributed by atoms with van der Waals surface area (Å²) in [4.78, 5) is 0. The van der Waals surface area contributed by atoms with Gasteiger partial charge in [0.15, 0.2) is 5.84 Å². The molecule has 1 unspecified atom stereocenters. The molecule has 20 heavy (non-hydrogen) atoms. The van der Waals surface area contributed by atoms with E-state index in [0.717, 1.165) is 17.5 Å². The predicted molar refractivity (Wildman–Crippen MR) is 80.9 cm³/mol. The van der Waals surface area contributed by atoms with E-state index in [9.17, 15) is 5.11 Å². The smallest absolute Gasteiger partial charge is 0.170 e. The van der Waals surface area contributed by atoms with Gasteiger partial charge in [-0.2, -0.15) is 0 Å². The molecular weight excluding hydrogens is 254 g/mol. The Kier molecular flexibility index (Phi) is 6.48. The highest BCUT2D eigenvalue weighted by Crippen LogP contribution is 2.11. The fourth-order valence-corrected chi connectivity index (χ4v) is 2.11. The average molecular weight is 279 g/mol. The monoisotopic (exact) mass is 279 g/mol. The third-order valence-electron chi connectivity index (χ3n) is 3.18. The van der Waals surface area contributed by atoms with Gasteiger partial charge in [0.05, 0.1) is 6.10 Å². The van der Waals surface area contributed by atoms with Gasteiger partial charge in [0.1, 0.15) is 0 Å². The SMILES string of the molecule is Cc1cc(/C(N)=N/O)ccc1CNCC(O)CC(C)C. The number of amidine groups is 1. The Morgan fingerprint density at radius 1 is 1.40 bits per heavy atom. The van der Waals surface area contributed by atoms with Crippen molar-refractivity contribution in [2.45, 2.75) is 39.8 Å². The summed E-state index contributed by atoms with van der Waals surface area (Å²) in [5.41, 5.74) is 8.46. The number of oxime groups is 1. The summed E-state index contributed by atoms with van der Waals surface area (Å²) < 4.78 is 0. The second kappa shape index (κ2) is 7.87. The first-order chi connectivity index (χ1) is 9.43. The largest absolute Gasteiger partial charge is 0.409 e. The van der Waals surface area contributed by atoms with Crippen LogP contribution in [0.1, 0.15) is 37.0 Å². The molecule has 0 bridgehead atoms. The van der Waals surface area contributed by atoms with Crippen LogP contribution in [0.3, 0.4) is 0 Å². The van der Waals surface area contributed by atoms with E-state index in [2.05, 4.69) is 24.3 Å². The van der Waals surface area contributed by atoms with Gasteiger partial charge < -0.3 is 21.4 Å².